The fourth-order valence-corrected chi connectivity index (χ4v) is 6.10. The van der Waals surface area contributed by atoms with Crippen LogP contribution in [-0.4, -0.2) is 11.6 Å². The second-order valence-electron chi connectivity index (χ2n) is 6.82. The Hall–Kier alpha value is -2.18. The van der Waals surface area contributed by atoms with Gasteiger partial charge in [-0.05, 0) is 58.0 Å². The number of hydrogen-bond donors (Lipinski definition) is 1. The minimum atomic E-state index is -0.134. The Bertz CT molecular complexity index is 1030. The molecule has 0 fully saturated rings. The first-order valence-electron chi connectivity index (χ1n) is 8.65. The molecule has 134 valence electrons. The molecule has 1 N–H and O–H groups in total. The lowest BCUT2D eigenvalue weighted by Crippen LogP contribution is -2.31. The van der Waals surface area contributed by atoms with E-state index in [4.69, 9.17) is 9.73 Å². The Kier molecular flexibility index (Phi) is 4.32. The van der Waals surface area contributed by atoms with Crippen molar-refractivity contribution in [2.45, 2.75) is 33.2 Å². The Balaban J connectivity index is 1.95. The molecule has 26 heavy (non-hydrogen) atoms. The molecule has 6 heteroatoms. The van der Waals surface area contributed by atoms with E-state index in [9.17, 15) is 0 Å². The van der Waals surface area contributed by atoms with Gasteiger partial charge in [0.05, 0.1) is 17.0 Å². The molecule has 4 nitrogen and oxygen atoms in total. The van der Waals surface area contributed by atoms with Gasteiger partial charge in [0.25, 0.3) is 0 Å². The maximum absolute atomic E-state index is 5.73. The van der Waals surface area contributed by atoms with Crippen LogP contribution in [-0.2, 0) is 5.54 Å². The third kappa shape index (κ3) is 3.04. The molecular weight excluding hydrogens is 362 g/mol. The van der Waals surface area contributed by atoms with Crippen molar-refractivity contribution < 1.29 is 4.74 Å². The normalized spacial score (nSPS) is 15.2. The first kappa shape index (κ1) is 17.2. The number of fused-ring (bicyclic) bond motifs is 3. The summed E-state index contributed by atoms with van der Waals surface area (Å²) in [4.78, 5) is 10.7. The van der Waals surface area contributed by atoms with Crippen LogP contribution in [0.3, 0.4) is 0 Å². The molecule has 3 aromatic rings. The first-order chi connectivity index (χ1) is 12.5. The molecule has 2 aromatic heterocycles. The summed E-state index contributed by atoms with van der Waals surface area (Å²) in [6.07, 6.45) is 0. The van der Waals surface area contributed by atoms with Gasteiger partial charge in [0, 0.05) is 22.5 Å². The Labute approximate surface area is 160 Å². The molecule has 0 bridgehead atoms. The largest absolute Gasteiger partial charge is 0.494 e. The van der Waals surface area contributed by atoms with Crippen molar-refractivity contribution in [2.75, 3.05) is 11.9 Å². The predicted octanol–water partition coefficient (Wildman–Crippen LogP) is 5.47. The van der Waals surface area contributed by atoms with Crippen LogP contribution in [0.15, 0.2) is 41.4 Å². The Morgan fingerprint density at radius 3 is 2.81 bits per heavy atom. The van der Waals surface area contributed by atoms with Crippen molar-refractivity contribution in [3.63, 3.8) is 0 Å². The fourth-order valence-electron chi connectivity index (χ4n) is 3.17. The van der Waals surface area contributed by atoms with E-state index in [1.54, 1.807) is 20.7 Å². The van der Waals surface area contributed by atoms with Crippen LogP contribution in [0, 0.1) is 6.92 Å². The zero-order chi connectivity index (χ0) is 18.3. The average Bonchev–Trinajstić information content (AvgIpc) is 3.01. The van der Waals surface area contributed by atoms with Gasteiger partial charge in [0.15, 0.2) is 5.82 Å². The summed E-state index contributed by atoms with van der Waals surface area (Å²) in [5.74, 6) is 1.63. The van der Waals surface area contributed by atoms with E-state index in [0.29, 0.717) is 6.61 Å². The summed E-state index contributed by atoms with van der Waals surface area (Å²) in [5.41, 5.74) is 4.30. The predicted molar refractivity (Wildman–Crippen MR) is 110 cm³/mol. The molecule has 0 radical (unpaired) electrons. The van der Waals surface area contributed by atoms with Gasteiger partial charge >= 0.3 is 0 Å². The van der Waals surface area contributed by atoms with Gasteiger partial charge in [-0.3, -0.25) is 0 Å². The number of aromatic nitrogens is 1. The van der Waals surface area contributed by atoms with E-state index in [1.165, 1.54) is 10.4 Å². The highest BCUT2D eigenvalue weighted by molar-refractivity contribution is 7.68. The maximum atomic E-state index is 5.73. The topological polar surface area (TPSA) is 46.5 Å². The number of rotatable bonds is 3. The first-order valence-corrected chi connectivity index (χ1v) is 10.8. The van der Waals surface area contributed by atoms with Crippen LogP contribution in [0.4, 0.5) is 11.5 Å². The summed E-state index contributed by atoms with van der Waals surface area (Å²) >= 11 is 0. The van der Waals surface area contributed by atoms with Crippen LogP contribution in [0.1, 0.15) is 31.3 Å². The minimum absolute atomic E-state index is 0.134. The summed E-state index contributed by atoms with van der Waals surface area (Å²) in [5, 5.41) is 3.65. The highest BCUT2D eigenvalue weighted by Crippen LogP contribution is 2.46. The van der Waals surface area contributed by atoms with E-state index < -0.39 is 0 Å². The molecule has 0 atom stereocenters. The van der Waals surface area contributed by atoms with Gasteiger partial charge in [-0.15, -0.1) is 0 Å². The lowest BCUT2D eigenvalue weighted by molar-refractivity contribution is 0.340. The zero-order valence-corrected chi connectivity index (χ0v) is 16.9. The SMILES string of the molecule is CCOc1ccc2c(c1)-c1c(ssc1=Nc1cccc(C)n1)C(C)(C)N2. The fraction of sp³-hybridized carbons (Fsp3) is 0.300. The molecule has 0 aliphatic carbocycles. The van der Waals surface area contributed by atoms with Crippen LogP contribution < -0.4 is 14.7 Å². The number of nitrogens with one attached hydrogen (secondary N) is 1. The van der Waals surface area contributed by atoms with Crippen molar-refractivity contribution in [1.29, 1.82) is 0 Å². The van der Waals surface area contributed by atoms with E-state index >= 15 is 0 Å². The number of benzene rings is 1. The highest BCUT2D eigenvalue weighted by Gasteiger charge is 2.33. The van der Waals surface area contributed by atoms with Crippen LogP contribution in [0.25, 0.3) is 11.1 Å². The number of aryl methyl sites for hydroxylation is 1. The molecule has 0 unspecified atom stereocenters. The van der Waals surface area contributed by atoms with Gasteiger partial charge < -0.3 is 10.1 Å². The number of hydrogen-bond acceptors (Lipinski definition) is 6. The van der Waals surface area contributed by atoms with Gasteiger partial charge in [-0.2, -0.15) is 0 Å². The molecule has 0 saturated heterocycles. The van der Waals surface area contributed by atoms with Gasteiger partial charge in [0.2, 0.25) is 0 Å². The monoisotopic (exact) mass is 383 g/mol. The number of pyridine rings is 1. The number of ether oxygens (including phenoxy) is 1. The van der Waals surface area contributed by atoms with Crippen molar-refractivity contribution in [2.24, 2.45) is 4.99 Å². The summed E-state index contributed by atoms with van der Waals surface area (Å²) in [6, 6.07) is 12.2. The number of anilines is 1. The highest BCUT2D eigenvalue weighted by atomic mass is 32.9. The third-order valence-corrected chi connectivity index (χ3v) is 6.96. The van der Waals surface area contributed by atoms with E-state index in [1.807, 2.05) is 38.1 Å². The quantitative estimate of drug-likeness (QED) is 0.610. The summed E-state index contributed by atoms with van der Waals surface area (Å²) in [6.45, 7) is 9.07. The molecule has 0 amide bonds. The minimum Gasteiger partial charge on any atom is -0.494 e. The molecule has 0 saturated carbocycles. The van der Waals surface area contributed by atoms with Gasteiger partial charge in [0.1, 0.15) is 10.4 Å². The molecule has 1 aliphatic heterocycles. The zero-order valence-electron chi connectivity index (χ0n) is 15.3. The van der Waals surface area contributed by atoms with Crippen LogP contribution in [0.2, 0.25) is 0 Å². The second-order valence-corrected chi connectivity index (χ2v) is 8.94. The van der Waals surface area contributed by atoms with Crippen molar-refractivity contribution in [3.8, 4) is 16.9 Å². The van der Waals surface area contributed by atoms with Crippen molar-refractivity contribution >= 4 is 32.2 Å². The molecular formula is C20H21N3OS2. The Morgan fingerprint density at radius 2 is 2.04 bits per heavy atom. The molecule has 1 aromatic carbocycles. The lowest BCUT2D eigenvalue weighted by Gasteiger charge is -2.33. The average molecular weight is 384 g/mol. The summed E-state index contributed by atoms with van der Waals surface area (Å²) < 4.78 is 6.73. The molecule has 4 rings (SSSR count). The molecule has 0 spiro atoms. The summed E-state index contributed by atoms with van der Waals surface area (Å²) in [7, 11) is 3.49. The van der Waals surface area contributed by atoms with Gasteiger partial charge in [-0.25, -0.2) is 9.98 Å². The third-order valence-electron chi connectivity index (χ3n) is 4.32. The van der Waals surface area contributed by atoms with Crippen molar-refractivity contribution in [3.05, 3.63) is 51.6 Å². The smallest absolute Gasteiger partial charge is 0.153 e. The molecule has 3 heterocycles. The second kappa shape index (κ2) is 6.52. The lowest BCUT2D eigenvalue weighted by atomic mass is 9.90. The van der Waals surface area contributed by atoms with E-state index in [-0.39, 0.29) is 5.54 Å². The maximum Gasteiger partial charge on any atom is 0.153 e. The van der Waals surface area contributed by atoms with Crippen LogP contribution in [0.5, 0.6) is 5.75 Å². The molecule has 1 aliphatic rings. The Morgan fingerprint density at radius 1 is 1.19 bits per heavy atom. The van der Waals surface area contributed by atoms with Crippen LogP contribution >= 0.6 is 20.7 Å². The number of nitrogens with zero attached hydrogens (tertiary/aromatic N) is 2. The van der Waals surface area contributed by atoms with Crippen molar-refractivity contribution in [1.82, 2.24) is 4.98 Å². The van der Waals surface area contributed by atoms with E-state index in [0.717, 1.165) is 33.2 Å². The van der Waals surface area contributed by atoms with E-state index in [2.05, 4.69) is 36.3 Å². The standard InChI is InChI=1S/C20H21N3OS2/c1-5-24-13-9-10-15-14(11-13)17-18(20(3,4)23-15)25-26-19(17)22-16-8-6-7-12(2)21-16/h6-11,23H,5H2,1-4H3. The van der Waals surface area contributed by atoms with Gasteiger partial charge in [-0.1, -0.05) is 26.7 Å².